The molecule has 0 spiro atoms. The van der Waals surface area contributed by atoms with Crippen LogP contribution in [0, 0.1) is 44.4 Å². The molecular weight excluding hydrogens is 689 g/mol. The van der Waals surface area contributed by atoms with E-state index in [4.69, 9.17) is 29.7 Å². The Labute approximate surface area is 335 Å². The number of nitrogens with zero attached hydrogens (tertiary/aromatic N) is 4. The quantitative estimate of drug-likeness (QED) is 0.0833. The number of carbonyl (C=O) groups is 3. The van der Waals surface area contributed by atoms with Gasteiger partial charge in [0.1, 0.15) is 5.92 Å². The van der Waals surface area contributed by atoms with Gasteiger partial charge in [0, 0.05) is 12.0 Å². The summed E-state index contributed by atoms with van der Waals surface area (Å²) in [6.07, 6.45) is 14.7. The molecule has 1 saturated heterocycles. The van der Waals surface area contributed by atoms with Crippen molar-refractivity contribution in [1.82, 2.24) is 15.0 Å². The van der Waals surface area contributed by atoms with Crippen LogP contribution in [-0.4, -0.2) is 54.5 Å². The smallest absolute Gasteiger partial charge is 0.664 e. The van der Waals surface area contributed by atoms with E-state index in [0.29, 0.717) is 52.7 Å². The summed E-state index contributed by atoms with van der Waals surface area (Å²) < 4.78 is 10.9. The van der Waals surface area contributed by atoms with E-state index in [2.05, 4.69) is 41.2 Å². The number of hydrogen-bond acceptors (Lipinski definition) is 5. The van der Waals surface area contributed by atoms with Crippen LogP contribution in [0.4, 0.5) is 0 Å². The van der Waals surface area contributed by atoms with Crippen LogP contribution in [0.5, 0.6) is 0 Å². The fourth-order valence-electron chi connectivity index (χ4n) is 8.26. The fraction of sp³-hybridized carbons (Fsp3) is 0.477. The third-order valence-corrected chi connectivity index (χ3v) is 11.6. The Balaban J connectivity index is 0.00000561. The fourth-order valence-corrected chi connectivity index (χ4v) is 8.26. The van der Waals surface area contributed by atoms with Crippen molar-refractivity contribution in [2.75, 3.05) is 13.7 Å². The molecule has 1 unspecified atom stereocenters. The summed E-state index contributed by atoms with van der Waals surface area (Å²) in [5, 5.41) is 6.80. The average molecular weight is 741 g/mol. The Bertz CT molecular complexity index is 2140. The first-order valence-corrected chi connectivity index (χ1v) is 19.2. The van der Waals surface area contributed by atoms with Crippen molar-refractivity contribution in [1.29, 1.82) is 0 Å². The Hall–Kier alpha value is -4.02. The molecular formula is C44H52MgN4O5-2. The van der Waals surface area contributed by atoms with Crippen molar-refractivity contribution in [3.8, 4) is 0 Å². The molecule has 9 nitrogen and oxygen atoms in total. The van der Waals surface area contributed by atoms with Gasteiger partial charge in [0.25, 0.3) is 0 Å². The molecule has 4 atom stereocenters. The van der Waals surface area contributed by atoms with Crippen LogP contribution in [0.2, 0.25) is 0 Å². The third-order valence-electron chi connectivity index (χ3n) is 11.6. The SMILES string of the molecule is C=Cc1c2[n-]c(c1C)/C=C1\[N-]/C(=C3\c4[n-]c(c(C)c4C(=O)[C@@H]3C(=O)OC)/C=c3\[n-]/c(c(C)c3CC)=C\2)[C@@H](CCC(=O)OCCC(C)CCCCC)[C@@H]1C.[Mg+2]. The topological polar surface area (TPSA) is 126 Å². The molecule has 6 rings (SSSR count). The van der Waals surface area contributed by atoms with E-state index in [1.807, 2.05) is 38.2 Å². The molecule has 0 radical (unpaired) electrons. The first-order chi connectivity index (χ1) is 25.4. The van der Waals surface area contributed by atoms with Crippen LogP contribution in [0.15, 0.2) is 18.0 Å². The third kappa shape index (κ3) is 7.61. The number of aromatic nitrogens is 3. The van der Waals surface area contributed by atoms with Gasteiger partial charge in [0.15, 0.2) is 5.78 Å². The van der Waals surface area contributed by atoms with Crippen LogP contribution >= 0.6 is 0 Å². The molecule has 3 aromatic heterocycles. The normalized spacial score (nSPS) is 22.6. The molecule has 3 aliphatic rings. The minimum Gasteiger partial charge on any atom is -0.664 e. The van der Waals surface area contributed by atoms with E-state index < -0.39 is 11.9 Å². The molecule has 2 aliphatic heterocycles. The van der Waals surface area contributed by atoms with E-state index >= 15 is 0 Å². The maximum atomic E-state index is 14.2. The summed E-state index contributed by atoms with van der Waals surface area (Å²) in [5.74, 6) is -2.45. The maximum Gasteiger partial charge on any atom is 2.00 e. The zero-order chi connectivity index (χ0) is 38.1. The van der Waals surface area contributed by atoms with Crippen molar-refractivity contribution in [3.63, 3.8) is 0 Å². The van der Waals surface area contributed by atoms with E-state index in [-0.39, 0.29) is 53.1 Å². The molecule has 10 heteroatoms. The van der Waals surface area contributed by atoms with E-state index in [0.717, 1.165) is 69.3 Å². The number of carbonyl (C=O) groups excluding carboxylic acids is 3. The Morgan fingerprint density at radius 3 is 2.35 bits per heavy atom. The van der Waals surface area contributed by atoms with Gasteiger partial charge in [-0.2, -0.15) is 11.4 Å². The Kier molecular flexibility index (Phi) is 13.1. The van der Waals surface area contributed by atoms with E-state index in [1.54, 1.807) is 0 Å². The molecule has 3 aromatic rings. The zero-order valence-electron chi connectivity index (χ0n) is 33.2. The number of ketones is 1. The number of fused-ring (bicyclic) bond motifs is 7. The number of unbranched alkanes of at least 4 members (excludes halogenated alkanes) is 2. The van der Waals surface area contributed by atoms with Gasteiger partial charge in [-0.15, -0.1) is 33.5 Å². The second kappa shape index (κ2) is 17.2. The maximum absolute atomic E-state index is 14.2. The number of hydrogen-bond donors (Lipinski definition) is 0. The van der Waals surface area contributed by atoms with Crippen molar-refractivity contribution < 1.29 is 23.9 Å². The number of esters is 2. The van der Waals surface area contributed by atoms with Gasteiger partial charge in [0.2, 0.25) is 0 Å². The molecule has 0 N–H and O–H groups in total. The standard InChI is InChI=1S/C44H53N4O5.Mg/c1-10-13-14-15-23(4)18-19-53-37(49)17-16-30-26(7)33-20-31-24(5)28(11-2)35(45-31)21-32-25(6)29(12-3)36(46-32)22-34-27(8)38-42(48-34)39(41(30)47-33)40(43(38)50)44(51)52-9;/h11,20-23,26,30,40H,2,10,12-19H2,1,3-9H3,(H-,47,48,50);/q-3;+2/p-1/b32-21-,33-20-,36-22-;/t23?,26-,30-,40+;/m0./s1. The predicted molar refractivity (Wildman–Crippen MR) is 214 cm³/mol. The number of methoxy groups -OCH3 is 1. The first-order valence-electron chi connectivity index (χ1n) is 19.2. The molecule has 5 heterocycles. The Morgan fingerprint density at radius 1 is 0.944 bits per heavy atom. The number of allylic oxidation sites excluding steroid dienone is 2. The molecule has 282 valence electrons. The second-order valence-electron chi connectivity index (χ2n) is 14.9. The van der Waals surface area contributed by atoms with Gasteiger partial charge >= 0.3 is 35.0 Å². The van der Waals surface area contributed by atoms with Crippen molar-refractivity contribution in [3.05, 3.63) is 90.1 Å². The van der Waals surface area contributed by atoms with Crippen molar-refractivity contribution in [2.45, 2.75) is 99.8 Å². The summed E-state index contributed by atoms with van der Waals surface area (Å²) in [4.78, 5) is 56.0. The summed E-state index contributed by atoms with van der Waals surface area (Å²) in [5.41, 5.74) is 9.52. The molecule has 1 aliphatic carbocycles. The van der Waals surface area contributed by atoms with E-state index in [1.165, 1.54) is 26.4 Å². The van der Waals surface area contributed by atoms with Crippen LogP contribution in [0.25, 0.3) is 35.2 Å². The van der Waals surface area contributed by atoms with Crippen LogP contribution in [-0.2, 0) is 25.5 Å². The van der Waals surface area contributed by atoms with Gasteiger partial charge in [0.05, 0.1) is 13.7 Å². The largest absolute Gasteiger partial charge is 2.00 e. The molecule has 1 fully saturated rings. The van der Waals surface area contributed by atoms with Gasteiger partial charge < -0.3 is 29.7 Å². The monoisotopic (exact) mass is 740 g/mol. The number of rotatable bonds is 13. The van der Waals surface area contributed by atoms with Gasteiger partial charge in [-0.05, 0) is 63.4 Å². The van der Waals surface area contributed by atoms with Crippen LogP contribution in [0.1, 0.15) is 134 Å². The first kappa shape index (κ1) is 41.1. The summed E-state index contributed by atoms with van der Waals surface area (Å²) in [6.45, 7) is 19.0. The minimum atomic E-state index is -1.21. The average Bonchev–Trinajstić information content (AvgIpc) is 3.87. The molecule has 8 bridgehead atoms. The second-order valence-corrected chi connectivity index (χ2v) is 14.9. The molecule has 0 aromatic carbocycles. The Morgan fingerprint density at radius 2 is 1.67 bits per heavy atom. The minimum absolute atomic E-state index is 0. The summed E-state index contributed by atoms with van der Waals surface area (Å²) >= 11 is 0. The molecule has 0 amide bonds. The number of ether oxygens (including phenoxy) is 2. The van der Waals surface area contributed by atoms with E-state index in [9.17, 15) is 14.4 Å². The summed E-state index contributed by atoms with van der Waals surface area (Å²) in [6, 6.07) is 0. The van der Waals surface area contributed by atoms with Gasteiger partial charge in [-0.3, -0.25) is 14.4 Å². The summed E-state index contributed by atoms with van der Waals surface area (Å²) in [7, 11) is 1.29. The predicted octanol–water partition coefficient (Wildman–Crippen LogP) is 6.59. The van der Waals surface area contributed by atoms with Crippen LogP contribution in [0.3, 0.4) is 0 Å². The van der Waals surface area contributed by atoms with Crippen LogP contribution < -0.4 is 25.7 Å². The van der Waals surface area contributed by atoms with Gasteiger partial charge in [-0.25, -0.2) is 0 Å². The zero-order valence-corrected chi connectivity index (χ0v) is 34.6. The van der Waals surface area contributed by atoms with Gasteiger partial charge in [-0.1, -0.05) is 112 Å². The van der Waals surface area contributed by atoms with Crippen molar-refractivity contribution >= 4 is 70.7 Å². The van der Waals surface area contributed by atoms with Crippen molar-refractivity contribution in [2.24, 2.45) is 23.7 Å². The molecule has 0 saturated carbocycles. The molecule has 54 heavy (non-hydrogen) atoms. The number of Topliss-reactive ketones (excluding diaryl/α,β-unsaturated/α-hetero) is 1.